The van der Waals surface area contributed by atoms with Crippen molar-refractivity contribution < 1.29 is 32.3 Å². The number of nitrogens with zero attached hydrogens (tertiary/aromatic N) is 1. The van der Waals surface area contributed by atoms with Gasteiger partial charge in [-0.25, -0.2) is 17.2 Å². The van der Waals surface area contributed by atoms with Crippen molar-refractivity contribution in [3.63, 3.8) is 0 Å². The summed E-state index contributed by atoms with van der Waals surface area (Å²) in [6, 6.07) is 8.63. The van der Waals surface area contributed by atoms with Gasteiger partial charge in [0.15, 0.2) is 0 Å². The highest BCUT2D eigenvalue weighted by molar-refractivity contribution is 7.89. The molecule has 2 aromatic rings. The van der Waals surface area contributed by atoms with Gasteiger partial charge >= 0.3 is 0 Å². The quantitative estimate of drug-likeness (QED) is 0.289. The Hall–Kier alpha value is -2.48. The van der Waals surface area contributed by atoms with E-state index in [0.29, 0.717) is 44.3 Å². The molecule has 1 unspecified atom stereocenters. The van der Waals surface area contributed by atoms with Gasteiger partial charge in [-0.3, -0.25) is 4.79 Å². The Bertz CT molecular complexity index is 1310. The van der Waals surface area contributed by atoms with Gasteiger partial charge in [0.25, 0.3) is 0 Å². The Labute approximate surface area is 233 Å². The zero-order valence-corrected chi connectivity index (χ0v) is 22.9. The number of hydrogen-bond acceptors (Lipinski definition) is 7. The van der Waals surface area contributed by atoms with Crippen LogP contribution in [0.1, 0.15) is 49.1 Å². The summed E-state index contributed by atoms with van der Waals surface area (Å²) >= 11 is 0. The fraction of sp³-hybridized carbons (Fsp3) is 0.536. The largest absolute Gasteiger partial charge is 0.393 e. The molecule has 1 amide bonds. The lowest BCUT2D eigenvalue weighted by Gasteiger charge is -2.40. The molecule has 5 N–H and O–H groups in total. The minimum absolute atomic E-state index is 0.103. The molecule has 1 aliphatic carbocycles. The number of piperazine rings is 1. The summed E-state index contributed by atoms with van der Waals surface area (Å²) in [6.07, 6.45) is 2.29. The van der Waals surface area contributed by atoms with E-state index in [-0.39, 0.29) is 41.4 Å². The number of hydrogen-bond donors (Lipinski definition) is 5. The maximum atomic E-state index is 15.1. The van der Waals surface area contributed by atoms with E-state index in [0.717, 1.165) is 6.42 Å². The van der Waals surface area contributed by atoms with Crippen molar-refractivity contribution in [2.24, 2.45) is 5.92 Å². The number of carbonyl (C=O) groups is 1. The van der Waals surface area contributed by atoms with Crippen LogP contribution in [0.4, 0.5) is 14.5 Å². The van der Waals surface area contributed by atoms with E-state index in [1.54, 1.807) is 22.5 Å². The van der Waals surface area contributed by atoms with Gasteiger partial charge in [-0.1, -0.05) is 18.2 Å². The molecular formula is C28H36F2N4O5S. The van der Waals surface area contributed by atoms with Crippen molar-refractivity contribution in [3.8, 4) is 0 Å². The second kappa shape index (κ2) is 12.2. The first-order valence-electron chi connectivity index (χ1n) is 13.8. The molecule has 3 fully saturated rings. The number of rotatable bonds is 9. The van der Waals surface area contributed by atoms with Gasteiger partial charge in [0.2, 0.25) is 15.9 Å². The number of benzene rings is 2. The van der Waals surface area contributed by atoms with Crippen LogP contribution in [-0.2, 0) is 21.2 Å². The number of amides is 1. The summed E-state index contributed by atoms with van der Waals surface area (Å²) in [5, 5.41) is 26.1. The van der Waals surface area contributed by atoms with E-state index >= 15 is 4.39 Å². The predicted molar refractivity (Wildman–Crippen MR) is 145 cm³/mol. The third-order valence-electron chi connectivity index (χ3n) is 8.56. The maximum absolute atomic E-state index is 15.1. The monoisotopic (exact) mass is 578 g/mol. The number of nitrogens with one attached hydrogen (secondary N) is 3. The SMILES string of the molecule is O=C(Nc1cccc(F)c1CC[C@H]1CN[C@@H]2CCCS(=O)(=O)N1C2)[C@@H](NO)[C@@H](c1ccc(F)cc1)C1CC(O)C1. The Morgan fingerprint density at radius 3 is 2.60 bits per heavy atom. The summed E-state index contributed by atoms with van der Waals surface area (Å²) in [7, 11) is -3.39. The highest BCUT2D eigenvalue weighted by atomic mass is 32.2. The Kier molecular flexibility index (Phi) is 8.83. The summed E-state index contributed by atoms with van der Waals surface area (Å²) in [6.45, 7) is 0.876. The number of carbonyl (C=O) groups excluding carboxylic acids is 1. The van der Waals surface area contributed by atoms with Gasteiger partial charge in [-0.05, 0) is 74.3 Å². The molecule has 12 heteroatoms. The molecule has 2 bridgehead atoms. The van der Waals surface area contributed by atoms with E-state index in [4.69, 9.17) is 0 Å². The fourth-order valence-electron chi connectivity index (χ4n) is 6.34. The third-order valence-corrected chi connectivity index (χ3v) is 10.5. The molecule has 0 spiro atoms. The zero-order valence-electron chi connectivity index (χ0n) is 22.1. The molecule has 5 atom stereocenters. The van der Waals surface area contributed by atoms with Crippen molar-refractivity contribution in [1.82, 2.24) is 15.1 Å². The van der Waals surface area contributed by atoms with Crippen LogP contribution in [0.5, 0.6) is 0 Å². The molecular weight excluding hydrogens is 542 g/mol. The first kappa shape index (κ1) is 29.0. The van der Waals surface area contributed by atoms with Gasteiger partial charge in [-0.2, -0.15) is 9.79 Å². The van der Waals surface area contributed by atoms with Gasteiger partial charge in [-0.15, -0.1) is 0 Å². The van der Waals surface area contributed by atoms with Gasteiger partial charge in [0, 0.05) is 42.3 Å². The number of hydroxylamine groups is 1. The lowest BCUT2D eigenvalue weighted by atomic mass is 9.68. The predicted octanol–water partition coefficient (Wildman–Crippen LogP) is 2.50. The molecule has 1 saturated carbocycles. The van der Waals surface area contributed by atoms with Crippen molar-refractivity contribution in [2.75, 3.05) is 24.2 Å². The van der Waals surface area contributed by atoms with E-state index in [9.17, 15) is 27.9 Å². The van der Waals surface area contributed by atoms with Crippen LogP contribution in [-0.4, -0.2) is 72.0 Å². The van der Waals surface area contributed by atoms with Crippen LogP contribution in [0, 0.1) is 17.6 Å². The second-order valence-electron chi connectivity index (χ2n) is 11.2. The molecule has 3 aliphatic rings. The number of anilines is 1. The molecule has 2 heterocycles. The highest BCUT2D eigenvalue weighted by Gasteiger charge is 2.42. The smallest absolute Gasteiger partial charge is 0.244 e. The summed E-state index contributed by atoms with van der Waals surface area (Å²) < 4.78 is 55.9. The minimum Gasteiger partial charge on any atom is -0.393 e. The number of aliphatic hydroxyl groups is 1. The lowest BCUT2D eigenvalue weighted by molar-refractivity contribution is -0.123. The minimum atomic E-state index is -3.39. The summed E-state index contributed by atoms with van der Waals surface area (Å²) in [5.74, 6) is -2.17. The first-order chi connectivity index (χ1) is 19.2. The normalized spacial score (nSPS) is 29.1. The topological polar surface area (TPSA) is 131 Å². The van der Waals surface area contributed by atoms with Crippen molar-refractivity contribution >= 4 is 21.6 Å². The molecule has 40 heavy (non-hydrogen) atoms. The number of aliphatic hydroxyl groups excluding tert-OH is 1. The van der Waals surface area contributed by atoms with Crippen LogP contribution >= 0.6 is 0 Å². The van der Waals surface area contributed by atoms with Crippen molar-refractivity contribution in [3.05, 3.63) is 65.2 Å². The average molecular weight is 579 g/mol. The Morgan fingerprint density at radius 1 is 1.15 bits per heavy atom. The number of fused-ring (bicyclic) bond motifs is 2. The van der Waals surface area contributed by atoms with E-state index < -0.39 is 45.6 Å². The summed E-state index contributed by atoms with van der Waals surface area (Å²) in [5.41, 5.74) is 3.20. The van der Waals surface area contributed by atoms with Crippen LogP contribution in [0.15, 0.2) is 42.5 Å². The number of sulfonamides is 1. The maximum Gasteiger partial charge on any atom is 0.244 e. The van der Waals surface area contributed by atoms with E-state index in [1.165, 1.54) is 24.3 Å². The standard InChI is InChI=1S/C28H36F2N4O5S/c29-19-8-6-17(7-9-19)26(18-13-22(35)14-18)27(33-37)28(36)32-25-5-1-4-24(30)23(25)11-10-21-15-31-20-3-2-12-40(38,39)34(21)16-20/h1,4-9,18,20-22,26-27,31,33,35,37H,2-3,10-16H2,(H,32,36)/t18?,20-,21+,22?,26+,27+/m1/s1. The first-order valence-corrected chi connectivity index (χ1v) is 15.4. The molecule has 0 aromatic heterocycles. The van der Waals surface area contributed by atoms with Gasteiger partial charge in [0.05, 0.1) is 11.9 Å². The van der Waals surface area contributed by atoms with Crippen LogP contribution in [0.3, 0.4) is 0 Å². The molecule has 5 rings (SSSR count). The zero-order chi connectivity index (χ0) is 28.4. The molecule has 0 radical (unpaired) electrons. The van der Waals surface area contributed by atoms with E-state index in [1.807, 2.05) is 0 Å². The molecule has 2 aromatic carbocycles. The lowest BCUT2D eigenvalue weighted by Crippen LogP contribution is -2.57. The van der Waals surface area contributed by atoms with Crippen LogP contribution < -0.4 is 16.1 Å². The van der Waals surface area contributed by atoms with Crippen molar-refractivity contribution in [2.45, 2.75) is 68.7 Å². The Balaban J connectivity index is 1.34. The van der Waals surface area contributed by atoms with E-state index in [2.05, 4.69) is 16.1 Å². The molecule has 2 saturated heterocycles. The van der Waals surface area contributed by atoms with Gasteiger partial charge < -0.3 is 20.9 Å². The average Bonchev–Trinajstić information content (AvgIpc) is 3.02. The highest BCUT2D eigenvalue weighted by Crippen LogP contribution is 2.42. The number of halogens is 2. The van der Waals surface area contributed by atoms with Gasteiger partial charge in [0.1, 0.15) is 17.7 Å². The van der Waals surface area contributed by atoms with Crippen molar-refractivity contribution in [1.29, 1.82) is 0 Å². The Morgan fingerprint density at radius 2 is 1.90 bits per heavy atom. The third kappa shape index (κ3) is 6.22. The molecule has 2 aliphatic heterocycles. The second-order valence-corrected chi connectivity index (χ2v) is 13.2. The molecule has 218 valence electrons. The fourth-order valence-corrected chi connectivity index (χ4v) is 8.15. The van der Waals surface area contributed by atoms with Crippen LogP contribution in [0.2, 0.25) is 0 Å². The van der Waals surface area contributed by atoms with Crippen LogP contribution in [0.25, 0.3) is 0 Å². The molecule has 9 nitrogen and oxygen atoms in total. The summed E-state index contributed by atoms with van der Waals surface area (Å²) in [4.78, 5) is 13.5.